The van der Waals surface area contributed by atoms with Crippen molar-refractivity contribution in [2.24, 2.45) is 0 Å². The predicted octanol–water partition coefficient (Wildman–Crippen LogP) is 4.21. The van der Waals surface area contributed by atoms with Gasteiger partial charge in [0.1, 0.15) is 5.57 Å². The van der Waals surface area contributed by atoms with E-state index in [9.17, 15) is 9.59 Å². The Morgan fingerprint density at radius 1 is 0.933 bits per heavy atom. The van der Waals surface area contributed by atoms with Gasteiger partial charge in [0.25, 0.3) is 11.8 Å². The van der Waals surface area contributed by atoms with E-state index in [2.05, 4.69) is 22.3 Å². The number of benzene rings is 2. The van der Waals surface area contributed by atoms with E-state index in [4.69, 9.17) is 12.2 Å². The van der Waals surface area contributed by atoms with Crippen molar-refractivity contribution in [3.05, 3.63) is 65.2 Å². The summed E-state index contributed by atoms with van der Waals surface area (Å²) in [5, 5.41) is 2.74. The van der Waals surface area contributed by atoms with Crippen LogP contribution in [0, 0.1) is 6.92 Å². The Hall–Kier alpha value is -2.99. The first-order valence-electron chi connectivity index (χ1n) is 10.4. The van der Waals surface area contributed by atoms with Crippen LogP contribution in [0.3, 0.4) is 0 Å². The molecule has 2 heterocycles. The second kappa shape index (κ2) is 8.79. The number of carbonyl (C=O) groups excluding carboxylic acids is 2. The van der Waals surface area contributed by atoms with Crippen LogP contribution >= 0.6 is 12.2 Å². The van der Waals surface area contributed by atoms with Crippen LogP contribution < -0.4 is 15.1 Å². The molecule has 154 valence electrons. The van der Waals surface area contributed by atoms with Gasteiger partial charge in [0, 0.05) is 18.8 Å². The summed E-state index contributed by atoms with van der Waals surface area (Å²) in [6, 6.07) is 15.5. The lowest BCUT2D eigenvalue weighted by Gasteiger charge is -2.29. The van der Waals surface area contributed by atoms with Crippen molar-refractivity contribution >= 4 is 46.6 Å². The van der Waals surface area contributed by atoms with Crippen molar-refractivity contribution in [2.75, 3.05) is 22.9 Å². The van der Waals surface area contributed by atoms with Crippen molar-refractivity contribution in [1.82, 2.24) is 5.32 Å². The molecular weight excluding hydrogens is 394 g/mol. The smallest absolute Gasteiger partial charge is 0.270 e. The molecule has 0 atom stereocenters. The van der Waals surface area contributed by atoms with Gasteiger partial charge in [0.15, 0.2) is 5.11 Å². The van der Waals surface area contributed by atoms with E-state index in [1.165, 1.54) is 36.3 Å². The first-order valence-corrected chi connectivity index (χ1v) is 10.8. The molecule has 30 heavy (non-hydrogen) atoms. The number of carbonyl (C=O) groups is 2. The number of thiocarbonyl (C=S) groups is 1. The van der Waals surface area contributed by atoms with Crippen LogP contribution in [0.15, 0.2) is 54.1 Å². The molecule has 0 bridgehead atoms. The van der Waals surface area contributed by atoms with Gasteiger partial charge in [0.05, 0.1) is 5.69 Å². The first kappa shape index (κ1) is 20.3. The molecule has 6 heteroatoms. The van der Waals surface area contributed by atoms with Crippen molar-refractivity contribution < 1.29 is 9.59 Å². The lowest BCUT2D eigenvalue weighted by Crippen LogP contribution is -2.54. The van der Waals surface area contributed by atoms with Gasteiger partial charge >= 0.3 is 0 Å². The summed E-state index contributed by atoms with van der Waals surface area (Å²) in [5.41, 5.74) is 3.72. The van der Waals surface area contributed by atoms with E-state index in [1.54, 1.807) is 6.08 Å². The molecule has 0 aromatic heterocycles. The van der Waals surface area contributed by atoms with E-state index in [-0.39, 0.29) is 10.7 Å². The minimum absolute atomic E-state index is 0.0765. The van der Waals surface area contributed by atoms with E-state index >= 15 is 0 Å². The van der Waals surface area contributed by atoms with Crippen LogP contribution in [0.1, 0.15) is 36.8 Å². The molecule has 2 aromatic rings. The number of amides is 2. The van der Waals surface area contributed by atoms with Crippen LogP contribution in [0.4, 0.5) is 11.4 Å². The first-order chi connectivity index (χ1) is 14.5. The summed E-state index contributed by atoms with van der Waals surface area (Å²) in [7, 11) is 0. The highest BCUT2D eigenvalue weighted by Crippen LogP contribution is 2.24. The van der Waals surface area contributed by atoms with Gasteiger partial charge in [-0.25, -0.2) is 0 Å². The third-order valence-electron chi connectivity index (χ3n) is 5.54. The summed E-state index contributed by atoms with van der Waals surface area (Å²) in [6.07, 6.45) is 6.65. The van der Waals surface area contributed by atoms with Gasteiger partial charge in [-0.2, -0.15) is 0 Å². The highest BCUT2D eigenvalue weighted by Gasteiger charge is 2.34. The molecule has 1 N–H and O–H groups in total. The van der Waals surface area contributed by atoms with Crippen LogP contribution in [0.5, 0.6) is 0 Å². The maximum absolute atomic E-state index is 13.1. The zero-order valence-electron chi connectivity index (χ0n) is 17.1. The molecule has 2 amide bonds. The second-order valence-electron chi connectivity index (χ2n) is 7.79. The third-order valence-corrected chi connectivity index (χ3v) is 5.82. The molecule has 2 saturated heterocycles. The van der Waals surface area contributed by atoms with Gasteiger partial charge < -0.3 is 4.90 Å². The van der Waals surface area contributed by atoms with Crippen LogP contribution in [0.2, 0.25) is 0 Å². The zero-order valence-corrected chi connectivity index (χ0v) is 17.9. The maximum atomic E-state index is 13.1. The van der Waals surface area contributed by atoms with Gasteiger partial charge in [-0.3, -0.25) is 19.8 Å². The second-order valence-corrected chi connectivity index (χ2v) is 8.18. The maximum Gasteiger partial charge on any atom is 0.270 e. The largest absolute Gasteiger partial charge is 0.372 e. The average Bonchev–Trinajstić information content (AvgIpc) is 3.01. The van der Waals surface area contributed by atoms with Gasteiger partial charge in [-0.1, -0.05) is 37.1 Å². The number of anilines is 2. The zero-order chi connectivity index (χ0) is 21.1. The monoisotopic (exact) mass is 419 g/mol. The molecule has 2 aromatic carbocycles. The standard InChI is InChI=1S/C24H25N3O2S/c1-17-7-6-8-20(15-17)27-23(29)21(22(28)25-24(27)30)16-18-9-11-19(12-10-18)26-13-4-2-3-5-14-26/h6-12,15-16H,2-5,13-14H2,1H3,(H,25,28,30). The van der Waals surface area contributed by atoms with Crippen molar-refractivity contribution in [3.8, 4) is 0 Å². The number of hydrogen-bond acceptors (Lipinski definition) is 4. The normalized spacial score (nSPS) is 19.1. The molecular formula is C24H25N3O2S. The highest BCUT2D eigenvalue weighted by atomic mass is 32.1. The SMILES string of the molecule is Cc1cccc(N2C(=O)C(=Cc3ccc(N4CCCCCC4)cc3)C(=O)NC2=S)c1. The number of nitrogens with zero attached hydrogens (tertiary/aromatic N) is 2. The quantitative estimate of drug-likeness (QED) is 0.460. The third kappa shape index (κ3) is 4.28. The molecule has 5 nitrogen and oxygen atoms in total. The number of hydrogen-bond donors (Lipinski definition) is 1. The molecule has 2 aliphatic heterocycles. The summed E-state index contributed by atoms with van der Waals surface area (Å²) < 4.78 is 0. The average molecular weight is 420 g/mol. The molecule has 0 spiro atoms. The Kier molecular flexibility index (Phi) is 5.95. The van der Waals surface area contributed by atoms with Crippen molar-refractivity contribution in [2.45, 2.75) is 32.6 Å². The van der Waals surface area contributed by atoms with E-state index in [1.807, 2.05) is 43.3 Å². The predicted molar refractivity (Wildman–Crippen MR) is 125 cm³/mol. The summed E-state index contributed by atoms with van der Waals surface area (Å²) >= 11 is 5.26. The fourth-order valence-corrected chi connectivity index (χ4v) is 4.22. The Bertz CT molecular complexity index is 1010. The highest BCUT2D eigenvalue weighted by molar-refractivity contribution is 7.80. The van der Waals surface area contributed by atoms with Crippen LogP contribution in [0.25, 0.3) is 6.08 Å². The number of aryl methyl sites for hydroxylation is 1. The fourth-order valence-electron chi connectivity index (χ4n) is 3.94. The number of nitrogens with one attached hydrogen (secondary N) is 1. The molecule has 0 radical (unpaired) electrons. The van der Waals surface area contributed by atoms with Crippen molar-refractivity contribution in [1.29, 1.82) is 0 Å². The summed E-state index contributed by atoms with van der Waals surface area (Å²) in [4.78, 5) is 29.4. The molecule has 0 saturated carbocycles. The Morgan fingerprint density at radius 3 is 2.30 bits per heavy atom. The van der Waals surface area contributed by atoms with Gasteiger partial charge in [0.2, 0.25) is 0 Å². The van der Waals surface area contributed by atoms with E-state index in [0.717, 1.165) is 24.2 Å². The Morgan fingerprint density at radius 2 is 1.63 bits per heavy atom. The summed E-state index contributed by atoms with van der Waals surface area (Å²) in [5.74, 6) is -0.878. The minimum Gasteiger partial charge on any atom is -0.372 e. The lowest BCUT2D eigenvalue weighted by atomic mass is 10.1. The number of rotatable bonds is 3. The van der Waals surface area contributed by atoms with E-state index in [0.29, 0.717) is 5.69 Å². The molecule has 2 fully saturated rings. The molecule has 2 aliphatic rings. The van der Waals surface area contributed by atoms with E-state index < -0.39 is 11.8 Å². The molecule has 4 rings (SSSR count). The Balaban J connectivity index is 1.59. The van der Waals surface area contributed by atoms with Gasteiger partial charge in [-0.05, 0) is 73.5 Å². The lowest BCUT2D eigenvalue weighted by molar-refractivity contribution is -0.122. The molecule has 0 unspecified atom stereocenters. The van der Waals surface area contributed by atoms with Crippen LogP contribution in [-0.4, -0.2) is 30.0 Å². The molecule has 0 aliphatic carbocycles. The van der Waals surface area contributed by atoms with Crippen LogP contribution in [-0.2, 0) is 9.59 Å². The van der Waals surface area contributed by atoms with Gasteiger partial charge in [-0.15, -0.1) is 0 Å². The fraction of sp³-hybridized carbons (Fsp3) is 0.292. The minimum atomic E-state index is -0.467. The van der Waals surface area contributed by atoms with Crippen molar-refractivity contribution in [3.63, 3.8) is 0 Å². The summed E-state index contributed by atoms with van der Waals surface area (Å²) in [6.45, 7) is 4.09. The Labute approximate surface area is 182 Å². The topological polar surface area (TPSA) is 52.7 Å².